The fourth-order valence-corrected chi connectivity index (χ4v) is 1.14. The Bertz CT molecular complexity index is 316. The third-order valence-electron chi connectivity index (χ3n) is 2.15. The largest absolute Gasteiger partial charge is 0.384 e. The van der Waals surface area contributed by atoms with Crippen molar-refractivity contribution in [3.63, 3.8) is 0 Å². The highest BCUT2D eigenvalue weighted by atomic mass is 16.5. The summed E-state index contributed by atoms with van der Waals surface area (Å²) in [4.78, 5) is 4.28. The van der Waals surface area contributed by atoms with Gasteiger partial charge in [-0.15, -0.1) is 5.10 Å². The molecule has 0 aliphatic heterocycles. The van der Waals surface area contributed by atoms with Crippen LogP contribution < -0.4 is 5.32 Å². The SMILES string of the molecule is COCC(C)CNc1nnc(C)c(C)n1. The van der Waals surface area contributed by atoms with Crippen LogP contribution in [0.3, 0.4) is 0 Å². The van der Waals surface area contributed by atoms with E-state index in [2.05, 4.69) is 27.4 Å². The Morgan fingerprint density at radius 2 is 2.00 bits per heavy atom. The Balaban J connectivity index is 2.47. The zero-order valence-corrected chi connectivity index (χ0v) is 9.74. The molecular formula is C10H18N4O. The number of anilines is 1. The lowest BCUT2D eigenvalue weighted by Gasteiger charge is -2.11. The van der Waals surface area contributed by atoms with E-state index in [0.717, 1.165) is 24.5 Å². The molecule has 0 aliphatic rings. The highest BCUT2D eigenvalue weighted by Gasteiger charge is 2.04. The maximum absolute atomic E-state index is 5.04. The lowest BCUT2D eigenvalue weighted by atomic mass is 10.2. The average Bonchev–Trinajstić information content (AvgIpc) is 2.20. The van der Waals surface area contributed by atoms with Crippen molar-refractivity contribution < 1.29 is 4.74 Å². The number of aryl methyl sites for hydroxylation is 2. The summed E-state index contributed by atoms with van der Waals surface area (Å²) in [5.41, 5.74) is 1.78. The molecule has 1 atom stereocenters. The van der Waals surface area contributed by atoms with Gasteiger partial charge in [-0.25, -0.2) is 4.98 Å². The first-order valence-electron chi connectivity index (χ1n) is 5.04. The van der Waals surface area contributed by atoms with Crippen LogP contribution >= 0.6 is 0 Å². The normalized spacial score (nSPS) is 12.5. The summed E-state index contributed by atoms with van der Waals surface area (Å²) in [7, 11) is 1.70. The maximum Gasteiger partial charge on any atom is 0.242 e. The third kappa shape index (κ3) is 3.79. The molecule has 0 spiro atoms. The van der Waals surface area contributed by atoms with Gasteiger partial charge >= 0.3 is 0 Å². The highest BCUT2D eigenvalue weighted by molar-refractivity contribution is 5.24. The van der Waals surface area contributed by atoms with Crippen LogP contribution in [0.5, 0.6) is 0 Å². The zero-order chi connectivity index (χ0) is 11.3. The molecule has 0 radical (unpaired) electrons. The van der Waals surface area contributed by atoms with Gasteiger partial charge in [-0.1, -0.05) is 6.92 Å². The molecule has 0 aromatic carbocycles. The summed E-state index contributed by atoms with van der Waals surface area (Å²) in [6.45, 7) is 7.44. The summed E-state index contributed by atoms with van der Waals surface area (Å²) in [6, 6.07) is 0. The number of ether oxygens (including phenoxy) is 1. The van der Waals surface area contributed by atoms with Crippen molar-refractivity contribution in [3.8, 4) is 0 Å². The molecule has 0 aliphatic carbocycles. The molecule has 1 rings (SSSR count). The van der Waals surface area contributed by atoms with E-state index in [9.17, 15) is 0 Å². The van der Waals surface area contributed by atoms with Gasteiger partial charge < -0.3 is 10.1 Å². The number of hydrogen-bond donors (Lipinski definition) is 1. The van der Waals surface area contributed by atoms with E-state index in [0.29, 0.717) is 11.9 Å². The third-order valence-corrected chi connectivity index (χ3v) is 2.15. The first-order valence-corrected chi connectivity index (χ1v) is 5.04. The van der Waals surface area contributed by atoms with E-state index in [1.54, 1.807) is 7.11 Å². The number of nitrogens with one attached hydrogen (secondary N) is 1. The second-order valence-electron chi connectivity index (χ2n) is 3.75. The summed E-state index contributed by atoms with van der Waals surface area (Å²) in [5.74, 6) is 1.02. The van der Waals surface area contributed by atoms with Crippen molar-refractivity contribution in [2.75, 3.05) is 25.6 Å². The first kappa shape index (κ1) is 11.8. The van der Waals surface area contributed by atoms with Crippen molar-refractivity contribution in [3.05, 3.63) is 11.4 Å². The predicted molar refractivity (Wildman–Crippen MR) is 58.8 cm³/mol. The fourth-order valence-electron chi connectivity index (χ4n) is 1.14. The molecule has 0 amide bonds. The molecule has 1 heterocycles. The van der Waals surface area contributed by atoms with Crippen molar-refractivity contribution >= 4 is 5.95 Å². The second kappa shape index (κ2) is 5.60. The minimum absolute atomic E-state index is 0.431. The van der Waals surface area contributed by atoms with E-state index in [-0.39, 0.29) is 0 Å². The van der Waals surface area contributed by atoms with Gasteiger partial charge in [-0.2, -0.15) is 5.10 Å². The van der Waals surface area contributed by atoms with Gasteiger partial charge in [0.1, 0.15) is 0 Å². The van der Waals surface area contributed by atoms with E-state index in [1.165, 1.54) is 0 Å². The van der Waals surface area contributed by atoms with Gasteiger partial charge in [0.15, 0.2) is 0 Å². The van der Waals surface area contributed by atoms with Crippen LogP contribution in [0, 0.1) is 19.8 Å². The van der Waals surface area contributed by atoms with Crippen LogP contribution in [0.1, 0.15) is 18.3 Å². The van der Waals surface area contributed by atoms with Gasteiger partial charge in [0.05, 0.1) is 18.0 Å². The van der Waals surface area contributed by atoms with Crippen LogP contribution in [-0.2, 0) is 4.74 Å². The van der Waals surface area contributed by atoms with Gasteiger partial charge in [0.25, 0.3) is 0 Å². The van der Waals surface area contributed by atoms with Crippen LogP contribution in [0.4, 0.5) is 5.95 Å². The first-order chi connectivity index (χ1) is 7.13. The highest BCUT2D eigenvalue weighted by Crippen LogP contribution is 2.03. The van der Waals surface area contributed by atoms with Crippen molar-refractivity contribution in [1.82, 2.24) is 15.2 Å². The number of methoxy groups -OCH3 is 1. The maximum atomic E-state index is 5.04. The van der Waals surface area contributed by atoms with E-state index < -0.39 is 0 Å². The molecule has 5 nitrogen and oxygen atoms in total. The Morgan fingerprint density at radius 1 is 1.27 bits per heavy atom. The molecule has 1 N–H and O–H groups in total. The smallest absolute Gasteiger partial charge is 0.242 e. The number of aromatic nitrogens is 3. The Labute approximate surface area is 90.3 Å². The topological polar surface area (TPSA) is 59.9 Å². The van der Waals surface area contributed by atoms with Crippen LogP contribution in [-0.4, -0.2) is 35.4 Å². The lowest BCUT2D eigenvalue weighted by molar-refractivity contribution is 0.164. The van der Waals surface area contributed by atoms with Gasteiger partial charge in [0, 0.05) is 13.7 Å². The molecule has 0 saturated carbocycles. The zero-order valence-electron chi connectivity index (χ0n) is 9.74. The number of hydrogen-bond acceptors (Lipinski definition) is 5. The van der Waals surface area contributed by atoms with E-state index >= 15 is 0 Å². The quantitative estimate of drug-likeness (QED) is 0.790. The molecule has 1 aromatic rings. The molecule has 1 aromatic heterocycles. The van der Waals surface area contributed by atoms with Gasteiger partial charge in [-0.05, 0) is 19.8 Å². The molecule has 84 valence electrons. The van der Waals surface area contributed by atoms with Crippen LogP contribution in [0.15, 0.2) is 0 Å². The predicted octanol–water partition coefficient (Wildman–Crippen LogP) is 1.18. The summed E-state index contributed by atoms with van der Waals surface area (Å²) >= 11 is 0. The molecule has 15 heavy (non-hydrogen) atoms. The lowest BCUT2D eigenvalue weighted by Crippen LogP contribution is -2.17. The number of rotatable bonds is 5. The molecule has 1 unspecified atom stereocenters. The summed E-state index contributed by atoms with van der Waals surface area (Å²) < 4.78 is 5.04. The van der Waals surface area contributed by atoms with Crippen molar-refractivity contribution in [2.45, 2.75) is 20.8 Å². The second-order valence-corrected chi connectivity index (χ2v) is 3.75. The molecular weight excluding hydrogens is 192 g/mol. The fraction of sp³-hybridized carbons (Fsp3) is 0.700. The van der Waals surface area contributed by atoms with Crippen molar-refractivity contribution in [1.29, 1.82) is 0 Å². The van der Waals surface area contributed by atoms with Gasteiger partial charge in [0.2, 0.25) is 5.95 Å². The van der Waals surface area contributed by atoms with Crippen LogP contribution in [0.2, 0.25) is 0 Å². The monoisotopic (exact) mass is 210 g/mol. The van der Waals surface area contributed by atoms with E-state index in [4.69, 9.17) is 4.74 Å². The molecule has 0 fully saturated rings. The van der Waals surface area contributed by atoms with Gasteiger partial charge in [-0.3, -0.25) is 0 Å². The van der Waals surface area contributed by atoms with E-state index in [1.807, 2.05) is 13.8 Å². The Morgan fingerprint density at radius 3 is 2.60 bits per heavy atom. The average molecular weight is 210 g/mol. The Hall–Kier alpha value is -1.23. The number of nitrogens with zero attached hydrogens (tertiary/aromatic N) is 3. The van der Waals surface area contributed by atoms with Crippen molar-refractivity contribution in [2.24, 2.45) is 5.92 Å². The summed E-state index contributed by atoms with van der Waals surface area (Å²) in [5, 5.41) is 11.1. The Kier molecular flexibility index (Phi) is 4.42. The standard InChI is InChI=1S/C10H18N4O/c1-7(6-15-4)5-11-10-12-8(2)9(3)13-14-10/h7H,5-6H2,1-4H3,(H,11,12,14). The molecule has 0 saturated heterocycles. The summed E-state index contributed by atoms with van der Waals surface area (Å²) in [6.07, 6.45) is 0. The molecule has 5 heteroatoms. The molecule has 0 bridgehead atoms. The van der Waals surface area contributed by atoms with Crippen LogP contribution in [0.25, 0.3) is 0 Å². The minimum atomic E-state index is 0.431. The minimum Gasteiger partial charge on any atom is -0.384 e.